The van der Waals surface area contributed by atoms with Crippen LogP contribution in [0, 0.1) is 10.1 Å². The second kappa shape index (κ2) is 6.52. The summed E-state index contributed by atoms with van der Waals surface area (Å²) in [6.45, 7) is 1.24. The number of aromatic nitrogens is 2. The van der Waals surface area contributed by atoms with Crippen molar-refractivity contribution in [3.05, 3.63) is 43.1 Å². The van der Waals surface area contributed by atoms with E-state index in [1.807, 2.05) is 0 Å². The van der Waals surface area contributed by atoms with E-state index in [-0.39, 0.29) is 27.9 Å². The predicted octanol–water partition coefficient (Wildman–Crippen LogP) is -1.11. The first-order valence-corrected chi connectivity index (χ1v) is 8.75. The minimum absolute atomic E-state index is 0.0610. The molecule has 0 saturated heterocycles. The van der Waals surface area contributed by atoms with E-state index in [2.05, 4.69) is 10.3 Å². The highest BCUT2D eigenvalue weighted by atomic mass is 32.2. The van der Waals surface area contributed by atoms with Crippen LogP contribution in [0.3, 0.4) is 0 Å². The van der Waals surface area contributed by atoms with Crippen LogP contribution in [-0.4, -0.2) is 47.0 Å². The van der Waals surface area contributed by atoms with E-state index in [4.69, 9.17) is 5.11 Å². The number of aliphatic hydroxyl groups is 1. The smallest absolute Gasteiger partial charge is 0.348 e. The van der Waals surface area contributed by atoms with Gasteiger partial charge in [-0.3, -0.25) is 14.9 Å². The number of sulfonamides is 1. The molecule has 0 aliphatic heterocycles. The highest BCUT2D eigenvalue weighted by Crippen LogP contribution is 2.28. The molecule has 0 unspecified atom stereocenters. The maximum atomic E-state index is 12.4. The van der Waals surface area contributed by atoms with E-state index in [0.717, 1.165) is 18.4 Å². The lowest BCUT2D eigenvalue weighted by atomic mass is 10.1. The van der Waals surface area contributed by atoms with Gasteiger partial charge in [-0.05, 0) is 13.0 Å². The number of anilines is 1. The maximum Gasteiger partial charge on any atom is 0.348 e. The van der Waals surface area contributed by atoms with Crippen molar-refractivity contribution in [1.29, 1.82) is 0 Å². The van der Waals surface area contributed by atoms with Gasteiger partial charge in [-0.2, -0.15) is 4.68 Å². The van der Waals surface area contributed by atoms with Crippen molar-refractivity contribution in [2.24, 2.45) is 0 Å². The van der Waals surface area contributed by atoms with Crippen LogP contribution in [0.2, 0.25) is 0 Å². The van der Waals surface area contributed by atoms with Crippen molar-refractivity contribution in [1.82, 2.24) is 9.66 Å². The molecule has 0 amide bonds. The molecule has 1 aromatic carbocycles. The minimum Gasteiger partial charge on any atom is -0.394 e. The van der Waals surface area contributed by atoms with Crippen LogP contribution >= 0.6 is 0 Å². The number of nitro benzene ring substituents is 1. The molecule has 136 valence electrons. The second-order valence-corrected chi connectivity index (χ2v) is 7.06. The monoisotopic (exact) mass is 373 g/mol. The number of rotatable bonds is 6. The first kappa shape index (κ1) is 18.4. The Morgan fingerprint density at radius 2 is 2.04 bits per heavy atom. The number of aliphatic hydroxyl groups excluding tert-OH is 1. The molecular weight excluding hydrogens is 358 g/mol. The van der Waals surface area contributed by atoms with E-state index in [0.29, 0.717) is 0 Å². The van der Waals surface area contributed by atoms with Gasteiger partial charge in [-0.15, -0.1) is 0 Å². The van der Waals surface area contributed by atoms with Gasteiger partial charge in [0.2, 0.25) is 10.0 Å². The van der Waals surface area contributed by atoms with E-state index < -0.39 is 37.9 Å². The average molecular weight is 373 g/mol. The largest absolute Gasteiger partial charge is 0.394 e. The summed E-state index contributed by atoms with van der Waals surface area (Å²) in [5.41, 5.74) is -2.71. The van der Waals surface area contributed by atoms with Gasteiger partial charge >= 0.3 is 5.69 Å². The van der Waals surface area contributed by atoms with Crippen LogP contribution in [-0.2, 0) is 10.0 Å². The molecule has 4 N–H and O–H groups in total. The molecule has 12 nitrogen and oxygen atoms in total. The van der Waals surface area contributed by atoms with Crippen LogP contribution in [0.4, 0.5) is 11.4 Å². The highest BCUT2D eigenvalue weighted by Gasteiger charge is 2.20. The summed E-state index contributed by atoms with van der Waals surface area (Å²) in [6, 6.07) is 1.54. The molecule has 0 aliphatic carbocycles. The van der Waals surface area contributed by atoms with E-state index in [1.165, 1.54) is 0 Å². The zero-order chi connectivity index (χ0) is 18.9. The number of aromatic amines is 1. The van der Waals surface area contributed by atoms with Crippen molar-refractivity contribution in [2.75, 3.05) is 23.0 Å². The zero-order valence-electron chi connectivity index (χ0n) is 13.1. The summed E-state index contributed by atoms with van der Waals surface area (Å²) in [7, 11) is -3.91. The van der Waals surface area contributed by atoms with Crippen molar-refractivity contribution < 1.29 is 18.4 Å². The van der Waals surface area contributed by atoms with Crippen LogP contribution in [0.15, 0.2) is 21.7 Å². The Balaban J connectivity index is 2.79. The van der Waals surface area contributed by atoms with Crippen molar-refractivity contribution in [3.63, 3.8) is 0 Å². The summed E-state index contributed by atoms with van der Waals surface area (Å²) < 4.78 is 22.8. The molecule has 2 rings (SSSR count). The Hall–Kier alpha value is -2.93. The van der Waals surface area contributed by atoms with E-state index >= 15 is 0 Å². The average Bonchev–Trinajstić information content (AvgIpc) is 2.50. The fourth-order valence-electron chi connectivity index (χ4n) is 2.08. The molecule has 0 radical (unpaired) electrons. The Kier molecular flexibility index (Phi) is 4.80. The molecule has 0 fully saturated rings. The summed E-state index contributed by atoms with van der Waals surface area (Å²) in [6.07, 6.45) is 0.759. The van der Waals surface area contributed by atoms with Gasteiger partial charge in [-0.25, -0.2) is 18.0 Å². The first-order chi connectivity index (χ1) is 11.5. The lowest BCUT2D eigenvalue weighted by Crippen LogP contribution is -2.43. The number of nitrogens with zero attached hydrogens (tertiary/aromatic N) is 2. The number of hydrogen-bond donors (Lipinski definition) is 4. The second-order valence-electron chi connectivity index (χ2n) is 5.33. The lowest BCUT2D eigenvalue weighted by molar-refractivity contribution is -0.383. The number of nitrogens with one attached hydrogen (secondary N) is 3. The molecule has 0 bridgehead atoms. The summed E-state index contributed by atoms with van der Waals surface area (Å²) in [5.74, 6) is 0. The number of fused-ring (bicyclic) bond motifs is 1. The van der Waals surface area contributed by atoms with Gasteiger partial charge in [0.1, 0.15) is 5.69 Å². The molecule has 1 aromatic heterocycles. The number of nitro groups is 1. The lowest BCUT2D eigenvalue weighted by Gasteiger charge is -2.13. The Morgan fingerprint density at radius 1 is 1.40 bits per heavy atom. The van der Waals surface area contributed by atoms with Gasteiger partial charge in [-0.1, -0.05) is 0 Å². The third kappa shape index (κ3) is 3.95. The molecule has 0 spiro atoms. The highest BCUT2D eigenvalue weighted by molar-refractivity contribution is 7.91. The van der Waals surface area contributed by atoms with Gasteiger partial charge in [0.15, 0.2) is 0 Å². The van der Waals surface area contributed by atoms with Gasteiger partial charge in [0.25, 0.3) is 11.2 Å². The van der Waals surface area contributed by atoms with Gasteiger partial charge < -0.3 is 15.4 Å². The SMILES string of the molecule is C[C@@H](CO)Nc1cc2c(=O)n(NS(C)(=O)=O)c(=O)[nH]c2cc1[N+](=O)[O-]. The van der Waals surface area contributed by atoms with Crippen LogP contribution in [0.1, 0.15) is 6.92 Å². The quantitative estimate of drug-likeness (QED) is 0.364. The summed E-state index contributed by atoms with van der Waals surface area (Å²) >= 11 is 0. The molecule has 1 atom stereocenters. The van der Waals surface area contributed by atoms with Crippen LogP contribution in [0.25, 0.3) is 10.9 Å². The minimum atomic E-state index is -3.91. The summed E-state index contributed by atoms with van der Waals surface area (Å²) in [4.78, 5) is 38.7. The fourth-order valence-corrected chi connectivity index (χ4v) is 2.58. The van der Waals surface area contributed by atoms with Crippen LogP contribution < -0.4 is 21.4 Å². The fraction of sp³-hybridized carbons (Fsp3) is 0.333. The topological polar surface area (TPSA) is 176 Å². The molecule has 0 aliphatic rings. The Bertz CT molecular complexity index is 1060. The summed E-state index contributed by atoms with van der Waals surface area (Å²) in [5, 5.41) is 22.8. The maximum absolute atomic E-state index is 12.4. The Labute approximate surface area is 140 Å². The third-order valence-electron chi connectivity index (χ3n) is 3.14. The number of hydrogen-bond acceptors (Lipinski definition) is 8. The van der Waals surface area contributed by atoms with E-state index in [9.17, 15) is 28.1 Å². The first-order valence-electron chi connectivity index (χ1n) is 6.86. The van der Waals surface area contributed by atoms with Crippen molar-refractivity contribution in [3.8, 4) is 0 Å². The predicted molar refractivity (Wildman–Crippen MR) is 89.9 cm³/mol. The zero-order valence-corrected chi connectivity index (χ0v) is 14.0. The normalized spacial score (nSPS) is 12.8. The van der Waals surface area contributed by atoms with Crippen LogP contribution in [0.5, 0.6) is 0 Å². The number of H-pyrrole nitrogens is 1. The standard InChI is InChI=1S/C12H15N5O7S/c1-6(5-18)13-9-3-7-8(4-10(9)17(21)22)14-12(20)16(11(7)19)15-25(2,23)24/h3-4,6,13,15,18H,5H2,1-2H3,(H,14,20)/t6-/m0/s1. The molecule has 1 heterocycles. The molecule has 0 saturated carbocycles. The molecular formula is C12H15N5O7S. The molecule has 13 heteroatoms. The molecule has 2 aromatic rings. The van der Waals surface area contributed by atoms with E-state index in [1.54, 1.807) is 11.8 Å². The van der Waals surface area contributed by atoms with Gasteiger partial charge in [0.05, 0.1) is 28.7 Å². The van der Waals surface area contributed by atoms with Gasteiger partial charge in [0, 0.05) is 12.1 Å². The van der Waals surface area contributed by atoms with Crippen molar-refractivity contribution >= 4 is 32.3 Å². The number of benzene rings is 1. The Morgan fingerprint density at radius 3 is 2.56 bits per heavy atom. The van der Waals surface area contributed by atoms with Crippen molar-refractivity contribution in [2.45, 2.75) is 13.0 Å². The third-order valence-corrected chi connectivity index (χ3v) is 3.66. The molecule has 25 heavy (non-hydrogen) atoms.